The summed E-state index contributed by atoms with van der Waals surface area (Å²) >= 11 is 0. The first-order chi connectivity index (χ1) is 41.8. The van der Waals surface area contributed by atoms with Crippen LogP contribution >= 0.6 is 0 Å². The van der Waals surface area contributed by atoms with Gasteiger partial charge in [0.2, 0.25) is 0 Å². The van der Waals surface area contributed by atoms with Crippen LogP contribution in [0.4, 0.5) is 8.78 Å². The van der Waals surface area contributed by atoms with Gasteiger partial charge in [0.05, 0.1) is 44.6 Å². The molecule has 492 valence electrons. The van der Waals surface area contributed by atoms with E-state index in [-0.39, 0.29) is 64.1 Å². The summed E-state index contributed by atoms with van der Waals surface area (Å²) in [5, 5.41) is 4.42. The van der Waals surface area contributed by atoms with E-state index in [9.17, 15) is 45.7 Å². The second kappa shape index (κ2) is 30.2. The number of esters is 5. The highest BCUT2D eigenvalue weighted by atomic mass is 32.2. The number of fused-ring (bicyclic) bond motifs is 2. The van der Waals surface area contributed by atoms with Crippen molar-refractivity contribution in [3.8, 4) is 11.5 Å². The van der Waals surface area contributed by atoms with E-state index in [1.807, 2.05) is 62.3 Å². The Kier molecular flexibility index (Phi) is 24.8. The fourth-order valence-corrected chi connectivity index (χ4v) is 12.1. The molecule has 9 rings (SSSR count). The maximum atomic E-state index is 13.0. The van der Waals surface area contributed by atoms with Gasteiger partial charge >= 0.3 is 35.1 Å². The number of phenolic OH excluding ortho intramolecular Hbond substituents is 1. The average molecular weight is 1290 g/mol. The van der Waals surface area contributed by atoms with E-state index < -0.39 is 66.9 Å². The number of hydrogen-bond acceptors (Lipinski definition) is 15. The molecule has 1 N–H and O–H groups in total. The summed E-state index contributed by atoms with van der Waals surface area (Å²) < 4.78 is 88.9. The van der Waals surface area contributed by atoms with Crippen LogP contribution in [0.2, 0.25) is 0 Å². The van der Waals surface area contributed by atoms with Crippen LogP contribution in [0.1, 0.15) is 160 Å². The van der Waals surface area contributed by atoms with Crippen LogP contribution < -0.4 is 4.74 Å². The maximum Gasteiger partial charge on any atom is 0.369 e. The third kappa shape index (κ3) is 17.9. The van der Waals surface area contributed by atoms with Crippen LogP contribution in [0.3, 0.4) is 0 Å². The van der Waals surface area contributed by atoms with E-state index in [2.05, 4.69) is 141 Å². The molecule has 0 amide bonds. The molecule has 15 nitrogen and oxygen atoms in total. The van der Waals surface area contributed by atoms with Crippen molar-refractivity contribution in [2.24, 2.45) is 27.6 Å². The number of aryl methyl sites for hydroxylation is 1. The number of aromatic hydroxyl groups is 1. The number of halogens is 2. The Morgan fingerprint density at radius 1 is 0.644 bits per heavy atom. The van der Waals surface area contributed by atoms with Crippen molar-refractivity contribution >= 4 is 50.9 Å². The van der Waals surface area contributed by atoms with Crippen molar-refractivity contribution in [2.45, 2.75) is 217 Å². The molecule has 0 aromatic heterocycles. The number of phenols is 1. The lowest BCUT2D eigenvalue weighted by atomic mass is 9.63. The number of ether oxygens (including phenoxy) is 6. The first kappa shape index (κ1) is 74.1. The summed E-state index contributed by atoms with van der Waals surface area (Å²) in [6.07, 6.45) is 1.51. The predicted octanol–water partition coefficient (Wildman–Crippen LogP) is 14.7. The minimum Gasteiger partial charge on any atom is -0.743 e. The molecule has 4 aliphatic rings. The summed E-state index contributed by atoms with van der Waals surface area (Å²) in [6.45, 7) is 29.0. The third-order valence-corrected chi connectivity index (χ3v) is 21.3. The topological polar surface area (TPSA) is 218 Å². The van der Waals surface area contributed by atoms with Crippen molar-refractivity contribution in [1.82, 2.24) is 0 Å². The molecule has 1 aliphatic carbocycles. The van der Waals surface area contributed by atoms with Crippen LogP contribution in [-0.2, 0) is 80.5 Å². The molecule has 3 saturated heterocycles. The molecule has 0 spiro atoms. The molecule has 5 aromatic carbocycles. The van der Waals surface area contributed by atoms with Gasteiger partial charge < -0.3 is 38.1 Å². The van der Waals surface area contributed by atoms with Crippen LogP contribution in [0, 0.1) is 27.6 Å². The van der Waals surface area contributed by atoms with Crippen LogP contribution in [0.25, 0.3) is 0 Å². The van der Waals surface area contributed by atoms with Gasteiger partial charge in [0.15, 0.2) is 43.1 Å². The minimum absolute atomic E-state index is 0.0146. The molecular formula is C71H92F2O15S2. The second-order valence-corrected chi connectivity index (χ2v) is 29.8. The molecule has 3 heterocycles. The number of rotatable bonds is 17. The Morgan fingerprint density at radius 2 is 1.08 bits per heavy atom. The number of alkyl halides is 2. The van der Waals surface area contributed by atoms with Crippen molar-refractivity contribution in [3.63, 3.8) is 0 Å². The van der Waals surface area contributed by atoms with Gasteiger partial charge in [0.25, 0.3) is 0 Å². The Hall–Kier alpha value is -6.67. The Bertz CT molecular complexity index is 3220. The van der Waals surface area contributed by atoms with Gasteiger partial charge in [-0.1, -0.05) is 120 Å². The van der Waals surface area contributed by atoms with E-state index in [0.29, 0.717) is 31.9 Å². The van der Waals surface area contributed by atoms with Gasteiger partial charge in [-0.15, -0.1) is 0 Å². The summed E-state index contributed by atoms with van der Waals surface area (Å²) in [5.74, 6) is -1.30. The molecule has 19 heteroatoms. The van der Waals surface area contributed by atoms with Crippen molar-refractivity contribution in [1.29, 1.82) is 0 Å². The van der Waals surface area contributed by atoms with E-state index in [1.165, 1.54) is 51.8 Å². The highest BCUT2D eigenvalue weighted by Crippen LogP contribution is 2.49. The lowest BCUT2D eigenvalue weighted by Crippen LogP contribution is -2.53. The quantitative estimate of drug-likeness (QED) is 0.0301. The Morgan fingerprint density at radius 3 is 1.54 bits per heavy atom. The van der Waals surface area contributed by atoms with Crippen LogP contribution in [0.5, 0.6) is 11.5 Å². The van der Waals surface area contributed by atoms with E-state index in [1.54, 1.807) is 19.1 Å². The number of carbonyl (C=O) groups is 5. The van der Waals surface area contributed by atoms with E-state index in [4.69, 9.17) is 28.8 Å². The maximum absolute atomic E-state index is 13.0. The zero-order valence-electron chi connectivity index (χ0n) is 54.9. The summed E-state index contributed by atoms with van der Waals surface area (Å²) in [4.78, 5) is 63.3. The minimum atomic E-state index is -5.86. The number of carbonyl (C=O) groups excluding carboxylic acids is 5. The molecule has 7 atom stereocenters. The monoisotopic (exact) mass is 1290 g/mol. The highest BCUT2D eigenvalue weighted by molar-refractivity contribution is 7.97. The SMILES string of the molecule is CCC(C)(C)C(=O)OC(C)C(F)(F)S(=O)(=O)[O-].CCC(C)(C)C(=O)OC1(C)CCc2ccccc2C1(C)C.CCC(C)(C)C(=O)OC1C2CC3C(=O)OC1C3O2.CCC(C)(C)C(=O)Oc1ccc(O)cc1.c1ccc([S+](c2ccccc2)c2ccccc2)cc1. The first-order valence-corrected chi connectivity index (χ1v) is 33.3. The molecule has 90 heavy (non-hydrogen) atoms. The molecule has 5 aromatic rings. The predicted molar refractivity (Wildman–Crippen MR) is 341 cm³/mol. The van der Waals surface area contributed by atoms with Crippen molar-refractivity contribution < 1.29 is 79.3 Å². The van der Waals surface area contributed by atoms with Gasteiger partial charge in [0, 0.05) is 5.41 Å². The van der Waals surface area contributed by atoms with Gasteiger partial charge in [-0.2, -0.15) is 8.78 Å². The van der Waals surface area contributed by atoms with Crippen molar-refractivity contribution in [3.05, 3.63) is 151 Å². The molecular weight excluding hydrogens is 1190 g/mol. The summed E-state index contributed by atoms with van der Waals surface area (Å²) in [6, 6.07) is 46.8. The Balaban J connectivity index is 0.000000205. The summed E-state index contributed by atoms with van der Waals surface area (Å²) in [5.41, 5.74) is -0.368. The molecule has 2 bridgehead atoms. The van der Waals surface area contributed by atoms with Gasteiger partial charge in [0.1, 0.15) is 23.2 Å². The zero-order chi connectivity index (χ0) is 67.4. The van der Waals surface area contributed by atoms with E-state index in [0.717, 1.165) is 25.7 Å². The fourth-order valence-electron chi connectivity index (χ4n) is 9.51. The zero-order valence-corrected chi connectivity index (χ0v) is 56.6. The normalized spacial score (nSPS) is 20.9. The smallest absolute Gasteiger partial charge is 0.369 e. The first-order valence-electron chi connectivity index (χ1n) is 30.7. The molecule has 0 radical (unpaired) electrons. The van der Waals surface area contributed by atoms with Crippen molar-refractivity contribution in [2.75, 3.05) is 0 Å². The molecule has 7 unspecified atom stereocenters. The number of hydrogen-bond donors (Lipinski definition) is 1. The lowest BCUT2D eigenvalue weighted by Gasteiger charge is -2.49. The van der Waals surface area contributed by atoms with Crippen LogP contribution in [0.15, 0.2) is 154 Å². The average Bonchev–Trinajstić information content (AvgIpc) is 1.47. The highest BCUT2D eigenvalue weighted by Gasteiger charge is 2.65. The van der Waals surface area contributed by atoms with Gasteiger partial charge in [-0.3, -0.25) is 24.0 Å². The fraction of sp³-hybridized carbons (Fsp3) is 0.507. The molecule has 0 saturated carbocycles. The largest absolute Gasteiger partial charge is 0.743 e. The third-order valence-electron chi connectivity index (χ3n) is 18.0. The number of benzene rings is 5. The second-order valence-electron chi connectivity index (χ2n) is 26.3. The summed E-state index contributed by atoms with van der Waals surface area (Å²) in [7, 11) is -5.87. The van der Waals surface area contributed by atoms with Gasteiger partial charge in [-0.25, -0.2) is 8.42 Å². The lowest BCUT2D eigenvalue weighted by molar-refractivity contribution is -0.178. The molecule has 3 aliphatic heterocycles. The molecule has 3 fully saturated rings. The van der Waals surface area contributed by atoms with E-state index >= 15 is 0 Å². The standard InChI is InChI=1S/C19H28O2.C18H15S.C13H18O5.C12H16O3.C9H16F2O5S/c1-7-17(2,3)16(20)21-19(6)13-12-14-10-8-9-11-15(14)18(19,4)5;1-4-10-16(11-5-1)19(17-12-6-2-7-13-17)18-14-8-3-9-15-18;1-4-13(2,3)12(15)18-9-7-5-6-8(16-7)10(9)17-11(6)14;1-4-12(2,3)11(14)15-10-7-5-9(13)6-8-10;1-5-8(3,4)7(12)16-6(2)9(10,11)17(13,14)15/h8-11H,7,12-13H2,1-6H3;1-15H;6-10H,4-5H2,1-3H3;5-8,13H,4H2,1-3H3;6H,5H2,1-4H3,(H,13,14,15)/q;+1;;;/p-1. The van der Waals surface area contributed by atoms with Gasteiger partial charge in [-0.05, 0) is 186 Å². The Labute approximate surface area is 534 Å². The van der Waals surface area contributed by atoms with Crippen LogP contribution in [-0.4, -0.2) is 89.3 Å².